The molecule has 0 bridgehead atoms. The van der Waals surface area contributed by atoms with E-state index in [1.54, 1.807) is 20.0 Å². The standard InChI is InChI=1S/C18H23NO3.C3H9OP/c1-4-12-7-6-8-13-14-9-10-22-18(5-2,11-15(20)21)17(14)19(3)16(12)13;1-5(2,3)4/h6-8H,4-5,9-11H2,1-3H3,(H,20,21);1-3H3. The number of aryl methyl sites for hydroxylation is 2. The number of carboxylic acid groups (broad SMARTS) is 1. The van der Waals surface area contributed by atoms with Crippen LogP contribution in [0.1, 0.15) is 43.5 Å². The molecule has 5 nitrogen and oxygen atoms in total. The maximum absolute atomic E-state index is 11.4. The van der Waals surface area contributed by atoms with Crippen LogP contribution in [-0.4, -0.2) is 42.2 Å². The Balaban J connectivity index is 0.000000465. The minimum Gasteiger partial charge on any atom is -0.481 e. The molecule has 6 heteroatoms. The minimum atomic E-state index is -1.64. The van der Waals surface area contributed by atoms with Gasteiger partial charge in [0.05, 0.1) is 31.4 Å². The zero-order valence-electron chi connectivity index (χ0n) is 17.3. The van der Waals surface area contributed by atoms with Crippen LogP contribution in [-0.2, 0) is 39.6 Å². The van der Waals surface area contributed by atoms with E-state index in [4.69, 9.17) is 4.74 Å². The number of aromatic nitrogens is 1. The molecule has 0 saturated heterocycles. The average Bonchev–Trinajstić information content (AvgIpc) is 2.87. The van der Waals surface area contributed by atoms with E-state index in [-0.39, 0.29) is 6.42 Å². The van der Waals surface area contributed by atoms with Crippen molar-refractivity contribution in [2.75, 3.05) is 26.6 Å². The topological polar surface area (TPSA) is 68.5 Å². The molecule has 1 unspecified atom stereocenters. The van der Waals surface area contributed by atoms with Crippen LogP contribution in [0, 0.1) is 0 Å². The molecule has 1 aliphatic rings. The molecule has 3 rings (SSSR count). The van der Waals surface area contributed by atoms with Gasteiger partial charge in [-0.3, -0.25) is 4.79 Å². The summed E-state index contributed by atoms with van der Waals surface area (Å²) in [5, 5.41) is 10.6. The van der Waals surface area contributed by atoms with Crippen LogP contribution in [0.4, 0.5) is 0 Å². The van der Waals surface area contributed by atoms with Crippen molar-refractivity contribution in [3.05, 3.63) is 35.0 Å². The van der Waals surface area contributed by atoms with Crippen molar-refractivity contribution in [2.24, 2.45) is 7.05 Å². The highest BCUT2D eigenvalue weighted by Crippen LogP contribution is 2.43. The van der Waals surface area contributed by atoms with Crippen LogP contribution in [0.25, 0.3) is 10.9 Å². The highest BCUT2D eigenvalue weighted by molar-refractivity contribution is 7.61. The summed E-state index contributed by atoms with van der Waals surface area (Å²) in [6.45, 7) is 9.98. The number of para-hydroxylation sites is 1. The number of hydrogen-bond acceptors (Lipinski definition) is 3. The molecular weight excluding hydrogens is 361 g/mol. The van der Waals surface area contributed by atoms with E-state index in [1.807, 2.05) is 14.0 Å². The van der Waals surface area contributed by atoms with E-state index < -0.39 is 18.7 Å². The molecule has 150 valence electrons. The first-order valence-electron chi connectivity index (χ1n) is 9.52. The van der Waals surface area contributed by atoms with Crippen LogP contribution in [0.3, 0.4) is 0 Å². The monoisotopic (exact) mass is 393 g/mol. The molecule has 27 heavy (non-hydrogen) atoms. The Morgan fingerprint density at radius 2 is 1.93 bits per heavy atom. The van der Waals surface area contributed by atoms with Gasteiger partial charge in [0, 0.05) is 12.4 Å². The van der Waals surface area contributed by atoms with Crippen LogP contribution in [0.15, 0.2) is 18.2 Å². The summed E-state index contributed by atoms with van der Waals surface area (Å²) in [5.41, 5.74) is 4.14. The lowest BCUT2D eigenvalue weighted by Crippen LogP contribution is -2.38. The lowest BCUT2D eigenvalue weighted by atomic mass is 9.86. The van der Waals surface area contributed by atoms with Gasteiger partial charge in [0.1, 0.15) is 5.60 Å². The quantitative estimate of drug-likeness (QED) is 0.769. The summed E-state index contributed by atoms with van der Waals surface area (Å²) in [6.07, 6.45) is 2.49. The van der Waals surface area contributed by atoms with Crippen LogP contribution in [0.2, 0.25) is 0 Å². The third-order valence-corrected chi connectivity index (χ3v) is 4.95. The SMILES string of the molecule is CCc1cccc2c3c(n(C)c12)C(CC)(CC(=O)O)OCC3.CP(C)(C)=O. The van der Waals surface area contributed by atoms with Gasteiger partial charge in [-0.2, -0.15) is 0 Å². The fraction of sp³-hybridized carbons (Fsp3) is 0.571. The van der Waals surface area contributed by atoms with Crippen molar-refractivity contribution in [3.8, 4) is 0 Å². The van der Waals surface area contributed by atoms with Gasteiger partial charge in [-0.15, -0.1) is 0 Å². The fourth-order valence-electron chi connectivity index (χ4n) is 3.98. The highest BCUT2D eigenvalue weighted by atomic mass is 31.2. The van der Waals surface area contributed by atoms with Crippen molar-refractivity contribution in [2.45, 2.75) is 45.1 Å². The van der Waals surface area contributed by atoms with E-state index in [0.717, 1.165) is 18.5 Å². The Morgan fingerprint density at radius 1 is 1.30 bits per heavy atom. The lowest BCUT2D eigenvalue weighted by molar-refractivity contribution is -0.149. The first-order valence-corrected chi connectivity index (χ1v) is 12.6. The molecule has 1 aromatic heterocycles. The highest BCUT2D eigenvalue weighted by Gasteiger charge is 2.42. The smallest absolute Gasteiger partial charge is 0.306 e. The van der Waals surface area contributed by atoms with Crippen molar-refractivity contribution in [3.63, 3.8) is 0 Å². The summed E-state index contributed by atoms with van der Waals surface area (Å²) in [7, 11) is 0.404. The second-order valence-corrected chi connectivity index (χ2v) is 11.7. The molecule has 0 radical (unpaired) electrons. The number of nitrogens with zero attached hydrogens (tertiary/aromatic N) is 1. The predicted octanol–water partition coefficient (Wildman–Crippen LogP) is 4.63. The van der Waals surface area contributed by atoms with Gasteiger partial charge in [-0.05, 0) is 50.4 Å². The summed E-state index contributed by atoms with van der Waals surface area (Å²) in [4.78, 5) is 11.4. The normalized spacial score (nSPS) is 19.3. The Kier molecular flexibility index (Phi) is 6.59. The predicted molar refractivity (Wildman–Crippen MR) is 112 cm³/mol. The average molecular weight is 393 g/mol. The summed E-state index contributed by atoms with van der Waals surface area (Å²) >= 11 is 0. The Morgan fingerprint density at radius 3 is 2.44 bits per heavy atom. The van der Waals surface area contributed by atoms with Gasteiger partial charge in [-0.25, -0.2) is 0 Å². The molecular formula is C21H32NO4P. The third kappa shape index (κ3) is 4.64. The number of ether oxygens (including phenoxy) is 1. The van der Waals surface area contributed by atoms with Gasteiger partial charge in [0.2, 0.25) is 0 Å². The van der Waals surface area contributed by atoms with E-state index in [0.29, 0.717) is 13.0 Å². The van der Waals surface area contributed by atoms with Crippen molar-refractivity contribution in [1.29, 1.82) is 0 Å². The first-order chi connectivity index (χ1) is 12.5. The molecule has 0 fully saturated rings. The lowest BCUT2D eigenvalue weighted by Gasteiger charge is -2.37. The summed E-state index contributed by atoms with van der Waals surface area (Å²) in [5.74, 6) is -0.810. The second-order valence-electron chi connectivity index (χ2n) is 7.96. The zero-order valence-corrected chi connectivity index (χ0v) is 18.2. The van der Waals surface area contributed by atoms with Crippen LogP contribution in [0.5, 0.6) is 0 Å². The molecule has 0 aliphatic carbocycles. The van der Waals surface area contributed by atoms with Gasteiger partial charge < -0.3 is 19.0 Å². The maximum atomic E-state index is 11.4. The Bertz CT molecular complexity index is 872. The van der Waals surface area contributed by atoms with E-state index in [9.17, 15) is 14.5 Å². The van der Waals surface area contributed by atoms with E-state index >= 15 is 0 Å². The number of carboxylic acids is 1. The minimum absolute atomic E-state index is 0.0160. The largest absolute Gasteiger partial charge is 0.481 e. The van der Waals surface area contributed by atoms with Crippen molar-refractivity contribution >= 4 is 24.0 Å². The fourth-order valence-corrected chi connectivity index (χ4v) is 3.98. The molecule has 1 N–H and O–H groups in total. The van der Waals surface area contributed by atoms with Crippen LogP contribution < -0.4 is 0 Å². The molecule has 1 aromatic carbocycles. The van der Waals surface area contributed by atoms with Crippen LogP contribution >= 0.6 is 7.14 Å². The second kappa shape index (κ2) is 8.20. The van der Waals surface area contributed by atoms with Crippen molar-refractivity contribution < 1.29 is 19.2 Å². The number of hydrogen-bond donors (Lipinski definition) is 1. The molecule has 0 spiro atoms. The summed E-state index contributed by atoms with van der Waals surface area (Å²) < 4.78 is 18.4. The molecule has 1 aliphatic heterocycles. The molecule has 0 saturated carbocycles. The molecule has 2 heterocycles. The number of rotatable bonds is 4. The summed E-state index contributed by atoms with van der Waals surface area (Å²) in [6, 6.07) is 6.40. The van der Waals surface area contributed by atoms with Crippen molar-refractivity contribution in [1.82, 2.24) is 4.57 Å². The van der Waals surface area contributed by atoms with E-state index in [2.05, 4.69) is 29.7 Å². The molecule has 2 aromatic rings. The first kappa shape index (κ1) is 21.7. The van der Waals surface area contributed by atoms with Gasteiger partial charge in [-0.1, -0.05) is 32.0 Å². The van der Waals surface area contributed by atoms with Gasteiger partial charge >= 0.3 is 5.97 Å². The number of aliphatic carboxylic acids is 1. The zero-order chi connectivity index (χ0) is 20.4. The third-order valence-electron chi connectivity index (χ3n) is 4.95. The molecule has 1 atom stereocenters. The number of carbonyl (C=O) groups is 1. The Labute approximate surface area is 162 Å². The Hall–Kier alpha value is -1.58. The number of benzene rings is 1. The van der Waals surface area contributed by atoms with Gasteiger partial charge in [0.15, 0.2) is 0 Å². The number of fused-ring (bicyclic) bond motifs is 3. The van der Waals surface area contributed by atoms with E-state index in [1.165, 1.54) is 22.0 Å². The van der Waals surface area contributed by atoms with Gasteiger partial charge in [0.25, 0.3) is 0 Å². The maximum Gasteiger partial charge on any atom is 0.306 e. The molecule has 0 amide bonds.